The zero-order valence-electron chi connectivity index (χ0n) is 32.0. The third-order valence-electron chi connectivity index (χ3n) is 11.5. The molecular weight excluding hydrogens is 666 g/mol. The Morgan fingerprint density at radius 2 is 0.865 bits per heavy atom. The van der Waals surface area contributed by atoms with Crippen LogP contribution in [-0.4, -0.2) is 0 Å². The average Bonchev–Trinajstić information content (AvgIpc) is 3.64. The first-order chi connectivity index (χ1) is 24.9. The van der Waals surface area contributed by atoms with Crippen LogP contribution in [0.15, 0.2) is 109 Å². The molecule has 0 bridgehead atoms. The first-order valence-corrected chi connectivity index (χ1v) is 21.9. The third kappa shape index (κ3) is 5.86. The Labute approximate surface area is 312 Å². The second kappa shape index (κ2) is 13.1. The van der Waals surface area contributed by atoms with Gasteiger partial charge in [0.25, 0.3) is 0 Å². The van der Waals surface area contributed by atoms with E-state index in [1.807, 2.05) is 0 Å². The van der Waals surface area contributed by atoms with Crippen LogP contribution in [-0.2, 0) is 22.8 Å². The molecule has 8 rings (SSSR count). The van der Waals surface area contributed by atoms with Crippen molar-refractivity contribution < 1.29 is 4.57 Å². The van der Waals surface area contributed by atoms with Gasteiger partial charge in [0.2, 0.25) is 0 Å². The smallest absolute Gasteiger partial charge is 0.171 e. The van der Waals surface area contributed by atoms with Crippen molar-refractivity contribution in [1.29, 1.82) is 0 Å². The lowest BCUT2D eigenvalue weighted by Gasteiger charge is -2.35. The monoisotopic (exact) mass is 716 g/mol. The molecule has 6 aromatic rings. The first-order valence-electron chi connectivity index (χ1n) is 18.9. The highest BCUT2D eigenvalue weighted by molar-refractivity contribution is 7.85. The molecule has 0 unspecified atom stereocenters. The van der Waals surface area contributed by atoms with Gasteiger partial charge in [-0.1, -0.05) is 129 Å². The zero-order valence-corrected chi connectivity index (χ0v) is 33.8. The second-order valence-electron chi connectivity index (χ2n) is 16.0. The van der Waals surface area contributed by atoms with E-state index in [-0.39, 0.29) is 5.41 Å². The van der Waals surface area contributed by atoms with Crippen LogP contribution in [0.1, 0.15) is 79.6 Å². The zero-order chi connectivity index (χ0) is 36.5. The van der Waals surface area contributed by atoms with Crippen molar-refractivity contribution >= 4 is 46.9 Å². The number of rotatable bonds is 6. The van der Waals surface area contributed by atoms with Crippen molar-refractivity contribution in [1.82, 2.24) is 0 Å². The van der Waals surface area contributed by atoms with Crippen molar-refractivity contribution in [2.24, 2.45) is 0 Å². The lowest BCUT2D eigenvalue weighted by Crippen LogP contribution is -2.37. The Morgan fingerprint density at radius 1 is 0.481 bits per heavy atom. The highest BCUT2D eigenvalue weighted by Crippen LogP contribution is 2.57. The summed E-state index contributed by atoms with van der Waals surface area (Å²) in [5.41, 5.74) is 15.4. The highest BCUT2D eigenvalue weighted by atomic mass is 31.2. The minimum absolute atomic E-state index is 0.205. The summed E-state index contributed by atoms with van der Waals surface area (Å²) in [6, 6.07) is 41.4. The molecule has 0 N–H and O–H groups in total. The van der Waals surface area contributed by atoms with Crippen LogP contribution >= 0.6 is 15.1 Å². The van der Waals surface area contributed by atoms with Crippen molar-refractivity contribution in [3.63, 3.8) is 0 Å². The molecule has 1 atom stereocenters. The van der Waals surface area contributed by atoms with Gasteiger partial charge in [-0.15, -0.1) is 0 Å². The van der Waals surface area contributed by atoms with E-state index in [0.717, 1.165) is 63.9 Å². The fourth-order valence-corrected chi connectivity index (χ4v) is 16.2. The maximum atomic E-state index is 16.7. The maximum Gasteiger partial charge on any atom is 0.171 e. The Morgan fingerprint density at radius 3 is 1.31 bits per heavy atom. The average molecular weight is 717 g/mol. The summed E-state index contributed by atoms with van der Waals surface area (Å²) in [4.78, 5) is 0. The predicted octanol–water partition coefficient (Wildman–Crippen LogP) is 9.73. The first kappa shape index (κ1) is 35.0. The summed E-state index contributed by atoms with van der Waals surface area (Å²) >= 11 is 0. The van der Waals surface area contributed by atoms with Crippen LogP contribution in [0, 0.1) is 55.4 Å². The van der Waals surface area contributed by atoms with E-state index in [9.17, 15) is 0 Å². The van der Waals surface area contributed by atoms with Gasteiger partial charge in [-0.25, -0.2) is 0 Å². The Balaban J connectivity index is 1.43. The molecule has 0 heterocycles. The molecule has 262 valence electrons. The van der Waals surface area contributed by atoms with E-state index < -0.39 is 15.1 Å². The Hall–Kier alpha value is -4.02. The summed E-state index contributed by atoms with van der Waals surface area (Å²) < 4.78 is 16.7. The van der Waals surface area contributed by atoms with Gasteiger partial charge in [0.05, 0.1) is 0 Å². The number of hydrogen-bond acceptors (Lipinski definition) is 1. The van der Waals surface area contributed by atoms with Gasteiger partial charge in [0, 0.05) is 21.3 Å². The summed E-state index contributed by atoms with van der Waals surface area (Å²) in [6.45, 7) is 17.5. The molecular formula is C49H50OP2. The molecule has 0 aromatic heterocycles. The second-order valence-corrected chi connectivity index (χ2v) is 21.0. The van der Waals surface area contributed by atoms with Gasteiger partial charge in [0.1, 0.15) is 0 Å². The molecule has 1 nitrogen and oxygen atoms in total. The molecule has 0 saturated carbocycles. The predicted molar refractivity (Wildman–Crippen MR) is 226 cm³/mol. The van der Waals surface area contributed by atoms with E-state index in [1.165, 1.54) is 60.4 Å². The third-order valence-corrected chi connectivity index (χ3v) is 16.9. The molecule has 3 heteroatoms. The number of hydrogen-bond donors (Lipinski definition) is 0. The van der Waals surface area contributed by atoms with Crippen LogP contribution in [0.4, 0.5) is 0 Å². The van der Waals surface area contributed by atoms with E-state index in [1.54, 1.807) is 0 Å². The molecule has 1 spiro atoms. The lowest BCUT2D eigenvalue weighted by molar-refractivity contribution is 0.511. The summed E-state index contributed by atoms with van der Waals surface area (Å²) in [5.74, 6) is 0. The fraction of sp³-hybridized carbons (Fsp3) is 0.265. The van der Waals surface area contributed by atoms with E-state index in [2.05, 4.69) is 165 Å². The van der Waals surface area contributed by atoms with Crippen LogP contribution in [0.2, 0.25) is 0 Å². The largest absolute Gasteiger partial charge is 0.309 e. The highest BCUT2D eigenvalue weighted by Gasteiger charge is 2.50. The van der Waals surface area contributed by atoms with E-state index in [4.69, 9.17) is 0 Å². The van der Waals surface area contributed by atoms with Crippen molar-refractivity contribution in [2.45, 2.75) is 86.5 Å². The van der Waals surface area contributed by atoms with Crippen LogP contribution < -0.4 is 31.8 Å². The SMILES string of the molecule is Cc1cc(C)cc(P(c2cc(C)cc(C)c2)c2cccc3c2[C@@]2(CC3)CCc3cccc(P(=O)(c4cc(C)cc(C)c4)c4cc(C)cc(C)c4)c32)c1. The van der Waals surface area contributed by atoms with E-state index in [0.29, 0.717) is 0 Å². The molecule has 2 aliphatic carbocycles. The summed E-state index contributed by atoms with van der Waals surface area (Å²) in [5, 5.41) is 7.23. The minimum Gasteiger partial charge on any atom is -0.309 e. The molecule has 2 aliphatic rings. The fourth-order valence-electron chi connectivity index (χ4n) is 9.87. The minimum atomic E-state index is -3.29. The van der Waals surface area contributed by atoms with Crippen molar-refractivity contribution in [3.8, 4) is 0 Å². The summed E-state index contributed by atoms with van der Waals surface area (Å²) in [6.07, 6.45) is 4.14. The number of benzene rings is 6. The Bertz CT molecular complexity index is 2260. The quantitative estimate of drug-likeness (QED) is 0.157. The molecule has 52 heavy (non-hydrogen) atoms. The number of fused-ring (bicyclic) bond motifs is 4. The van der Waals surface area contributed by atoms with Crippen LogP contribution in [0.3, 0.4) is 0 Å². The van der Waals surface area contributed by atoms with Gasteiger partial charge >= 0.3 is 0 Å². The standard InChI is InChI=1S/C49H50OP2/c1-31-19-32(2)24-41(23-31)51(42-25-33(3)20-34(4)26-42)45-13-9-11-39-15-17-49(47(39)45)18-16-40-12-10-14-46(48(40)49)52(50,43-27-35(5)21-36(6)28-43)44-29-37(7)22-38(8)30-44/h9-14,19-30H,15-18H2,1-8H3/t49-/m1/s1. The molecule has 0 fully saturated rings. The molecule has 0 amide bonds. The van der Waals surface area contributed by atoms with Crippen LogP contribution in [0.25, 0.3) is 0 Å². The molecule has 0 radical (unpaired) electrons. The van der Waals surface area contributed by atoms with Gasteiger partial charge in [-0.3, -0.25) is 0 Å². The Kier molecular flexibility index (Phi) is 8.84. The van der Waals surface area contributed by atoms with Gasteiger partial charge < -0.3 is 4.57 Å². The molecule has 0 aliphatic heterocycles. The molecule has 0 saturated heterocycles. The van der Waals surface area contributed by atoms with Crippen molar-refractivity contribution in [3.05, 3.63) is 176 Å². The van der Waals surface area contributed by atoms with Gasteiger partial charge in [-0.05, 0) is 151 Å². The maximum absolute atomic E-state index is 16.7. The van der Waals surface area contributed by atoms with Gasteiger partial charge in [0.15, 0.2) is 7.14 Å². The van der Waals surface area contributed by atoms with Crippen molar-refractivity contribution in [2.75, 3.05) is 0 Å². The lowest BCUT2D eigenvalue weighted by atomic mass is 9.76. The topological polar surface area (TPSA) is 17.1 Å². The summed E-state index contributed by atoms with van der Waals surface area (Å²) in [7, 11) is -4.15. The van der Waals surface area contributed by atoms with E-state index >= 15 is 4.57 Å². The normalized spacial score (nSPS) is 16.5. The van der Waals surface area contributed by atoms with Crippen LogP contribution in [0.5, 0.6) is 0 Å². The number of aryl methyl sites for hydroxylation is 10. The molecule has 6 aromatic carbocycles. The van der Waals surface area contributed by atoms with Gasteiger partial charge in [-0.2, -0.15) is 0 Å².